The minimum absolute atomic E-state index is 0.0497. The van der Waals surface area contributed by atoms with E-state index in [1.807, 2.05) is 0 Å². The normalized spacial score (nSPS) is 11.4. The number of rotatable bonds is 5. The molecule has 9 heteroatoms. The standard InChI is InChI=1S/C16H13F5N2OS/c1-23(8-10-2-4-12(17)6-13(10)18)15(24)9-25-14-5-3-11(7-22-14)16(19,20)21/h2-7H,8-9H2,1H3. The van der Waals surface area contributed by atoms with Gasteiger partial charge in [-0.1, -0.05) is 17.8 Å². The van der Waals surface area contributed by atoms with Crippen LogP contribution in [0.25, 0.3) is 0 Å². The van der Waals surface area contributed by atoms with Crippen molar-refractivity contribution in [2.24, 2.45) is 0 Å². The lowest BCUT2D eigenvalue weighted by Gasteiger charge is -2.17. The van der Waals surface area contributed by atoms with Gasteiger partial charge in [-0.3, -0.25) is 4.79 Å². The van der Waals surface area contributed by atoms with Gasteiger partial charge in [0.15, 0.2) is 0 Å². The summed E-state index contributed by atoms with van der Waals surface area (Å²) >= 11 is 0.970. The summed E-state index contributed by atoms with van der Waals surface area (Å²) in [6, 6.07) is 5.14. The highest BCUT2D eigenvalue weighted by Crippen LogP contribution is 2.29. The van der Waals surface area contributed by atoms with Crippen molar-refractivity contribution in [3.05, 3.63) is 59.3 Å². The van der Waals surface area contributed by atoms with Crippen LogP contribution in [0.3, 0.4) is 0 Å². The Balaban J connectivity index is 1.91. The van der Waals surface area contributed by atoms with E-state index in [4.69, 9.17) is 0 Å². The molecule has 0 unspecified atom stereocenters. The van der Waals surface area contributed by atoms with E-state index in [0.717, 1.165) is 30.0 Å². The van der Waals surface area contributed by atoms with Gasteiger partial charge in [0.1, 0.15) is 11.6 Å². The van der Waals surface area contributed by atoms with Crippen LogP contribution in [0.1, 0.15) is 11.1 Å². The van der Waals surface area contributed by atoms with Crippen molar-refractivity contribution in [1.82, 2.24) is 9.88 Å². The van der Waals surface area contributed by atoms with Gasteiger partial charge in [-0.15, -0.1) is 0 Å². The highest BCUT2D eigenvalue weighted by atomic mass is 32.2. The third-order valence-electron chi connectivity index (χ3n) is 3.26. The molecule has 0 radical (unpaired) electrons. The van der Waals surface area contributed by atoms with Crippen molar-refractivity contribution in [3.63, 3.8) is 0 Å². The Bertz CT molecular complexity index is 749. The van der Waals surface area contributed by atoms with Crippen LogP contribution in [-0.2, 0) is 17.5 Å². The molecule has 0 bridgehead atoms. The Hall–Kier alpha value is -2.16. The lowest BCUT2D eigenvalue weighted by Crippen LogP contribution is -2.28. The average Bonchev–Trinajstić information content (AvgIpc) is 2.54. The molecule has 2 rings (SSSR count). The van der Waals surface area contributed by atoms with E-state index in [1.54, 1.807) is 0 Å². The van der Waals surface area contributed by atoms with Crippen LogP contribution in [0.2, 0.25) is 0 Å². The predicted molar refractivity (Wildman–Crippen MR) is 82.8 cm³/mol. The number of aromatic nitrogens is 1. The number of amides is 1. The highest BCUT2D eigenvalue weighted by Gasteiger charge is 2.30. The minimum Gasteiger partial charge on any atom is -0.341 e. The molecule has 25 heavy (non-hydrogen) atoms. The summed E-state index contributed by atoms with van der Waals surface area (Å²) in [6.45, 7) is -0.0497. The molecule has 0 saturated carbocycles. The average molecular weight is 376 g/mol. The van der Waals surface area contributed by atoms with Crippen molar-refractivity contribution in [2.45, 2.75) is 17.7 Å². The SMILES string of the molecule is CN(Cc1ccc(F)cc1F)C(=O)CSc1ccc(C(F)(F)F)cn1. The Kier molecular flexibility index (Phi) is 5.99. The second kappa shape index (κ2) is 7.81. The third kappa shape index (κ3) is 5.42. The Morgan fingerprint density at radius 3 is 2.48 bits per heavy atom. The number of hydrogen-bond donors (Lipinski definition) is 0. The molecule has 1 aromatic carbocycles. The van der Waals surface area contributed by atoms with E-state index in [1.165, 1.54) is 24.1 Å². The Labute approximate surface area is 144 Å². The molecule has 0 aliphatic heterocycles. The predicted octanol–water partition coefficient (Wildman–Crippen LogP) is 4.13. The lowest BCUT2D eigenvalue weighted by molar-refractivity contribution is -0.138. The van der Waals surface area contributed by atoms with Gasteiger partial charge in [0.05, 0.1) is 16.3 Å². The summed E-state index contributed by atoms with van der Waals surface area (Å²) in [5.41, 5.74) is -0.706. The summed E-state index contributed by atoms with van der Waals surface area (Å²) in [4.78, 5) is 16.9. The molecule has 134 valence electrons. The summed E-state index contributed by atoms with van der Waals surface area (Å²) < 4.78 is 63.8. The number of alkyl halides is 3. The quantitative estimate of drug-likeness (QED) is 0.581. The summed E-state index contributed by atoms with van der Waals surface area (Å²) in [5, 5.41) is 0.266. The molecular weight excluding hydrogens is 363 g/mol. The first-order chi connectivity index (χ1) is 11.7. The molecule has 1 heterocycles. The monoisotopic (exact) mass is 376 g/mol. The van der Waals surface area contributed by atoms with Crippen LogP contribution >= 0.6 is 11.8 Å². The van der Waals surface area contributed by atoms with Gasteiger partial charge in [0.2, 0.25) is 5.91 Å². The number of carbonyl (C=O) groups excluding carboxylic acids is 1. The molecule has 1 amide bonds. The molecule has 0 atom stereocenters. The summed E-state index contributed by atoms with van der Waals surface area (Å²) in [5.74, 6) is -1.90. The maximum atomic E-state index is 13.6. The largest absolute Gasteiger partial charge is 0.417 e. The van der Waals surface area contributed by atoms with E-state index in [2.05, 4.69) is 4.98 Å². The summed E-state index contributed by atoms with van der Waals surface area (Å²) in [7, 11) is 1.45. The molecule has 0 fully saturated rings. The number of hydrogen-bond acceptors (Lipinski definition) is 3. The summed E-state index contributed by atoms with van der Waals surface area (Å²) in [6.07, 6.45) is -3.77. The fourth-order valence-corrected chi connectivity index (χ4v) is 2.66. The number of pyridine rings is 1. The Morgan fingerprint density at radius 2 is 1.92 bits per heavy atom. The number of halogens is 5. The van der Waals surface area contributed by atoms with Gasteiger partial charge in [0, 0.05) is 31.4 Å². The van der Waals surface area contributed by atoms with Gasteiger partial charge < -0.3 is 4.90 Å². The molecule has 0 N–H and O–H groups in total. The van der Waals surface area contributed by atoms with Crippen LogP contribution in [0, 0.1) is 11.6 Å². The lowest BCUT2D eigenvalue weighted by atomic mass is 10.2. The minimum atomic E-state index is -4.47. The molecule has 0 spiro atoms. The molecule has 0 aliphatic rings. The molecule has 3 nitrogen and oxygen atoms in total. The number of carbonyl (C=O) groups is 1. The van der Waals surface area contributed by atoms with Crippen molar-refractivity contribution in [2.75, 3.05) is 12.8 Å². The van der Waals surface area contributed by atoms with E-state index in [0.29, 0.717) is 6.20 Å². The third-order valence-corrected chi connectivity index (χ3v) is 4.18. The highest BCUT2D eigenvalue weighted by molar-refractivity contribution is 7.99. The molecular formula is C16H13F5N2OS. The van der Waals surface area contributed by atoms with Crippen molar-refractivity contribution < 1.29 is 26.7 Å². The molecule has 0 saturated heterocycles. The Morgan fingerprint density at radius 1 is 1.20 bits per heavy atom. The maximum Gasteiger partial charge on any atom is 0.417 e. The first kappa shape index (κ1) is 19.2. The van der Waals surface area contributed by atoms with E-state index >= 15 is 0 Å². The van der Waals surface area contributed by atoms with Crippen LogP contribution in [0.5, 0.6) is 0 Å². The molecule has 1 aromatic heterocycles. The maximum absolute atomic E-state index is 13.6. The number of benzene rings is 1. The zero-order valence-electron chi connectivity index (χ0n) is 13.0. The van der Waals surface area contributed by atoms with Gasteiger partial charge in [-0.25, -0.2) is 13.8 Å². The van der Waals surface area contributed by atoms with Crippen LogP contribution in [0.4, 0.5) is 22.0 Å². The van der Waals surface area contributed by atoms with Crippen molar-refractivity contribution in [1.29, 1.82) is 0 Å². The number of nitrogens with zero attached hydrogens (tertiary/aromatic N) is 2. The van der Waals surface area contributed by atoms with Crippen molar-refractivity contribution >= 4 is 17.7 Å². The van der Waals surface area contributed by atoms with Crippen LogP contribution in [-0.4, -0.2) is 28.6 Å². The van der Waals surface area contributed by atoms with Crippen LogP contribution in [0.15, 0.2) is 41.6 Å². The van der Waals surface area contributed by atoms with Crippen LogP contribution < -0.4 is 0 Å². The van der Waals surface area contributed by atoms with Gasteiger partial charge >= 0.3 is 6.18 Å². The van der Waals surface area contributed by atoms with Crippen molar-refractivity contribution in [3.8, 4) is 0 Å². The number of thioether (sulfide) groups is 1. The fourth-order valence-electron chi connectivity index (χ4n) is 1.87. The van der Waals surface area contributed by atoms with E-state index < -0.39 is 23.4 Å². The topological polar surface area (TPSA) is 33.2 Å². The second-order valence-electron chi connectivity index (χ2n) is 5.16. The molecule has 0 aliphatic carbocycles. The van der Waals surface area contributed by atoms with Gasteiger partial charge in [0.25, 0.3) is 0 Å². The van der Waals surface area contributed by atoms with E-state index in [-0.39, 0.29) is 28.8 Å². The second-order valence-corrected chi connectivity index (χ2v) is 6.15. The smallest absolute Gasteiger partial charge is 0.341 e. The first-order valence-corrected chi connectivity index (χ1v) is 7.99. The zero-order valence-corrected chi connectivity index (χ0v) is 13.8. The fraction of sp³-hybridized carbons (Fsp3) is 0.250. The first-order valence-electron chi connectivity index (χ1n) is 7.01. The molecule has 2 aromatic rings. The van der Waals surface area contributed by atoms with Gasteiger partial charge in [-0.2, -0.15) is 13.2 Å². The zero-order chi connectivity index (χ0) is 18.6. The van der Waals surface area contributed by atoms with Gasteiger partial charge in [-0.05, 0) is 18.2 Å². The van der Waals surface area contributed by atoms with E-state index in [9.17, 15) is 26.7 Å².